The SMILES string of the molecule is CCNc1ncc([N+](=O)[O-])c(C2CCc3cccnc32)n1. The molecule has 2 heterocycles. The Morgan fingerprint density at radius 1 is 1.43 bits per heavy atom. The fourth-order valence-electron chi connectivity index (χ4n) is 2.71. The first-order valence-electron chi connectivity index (χ1n) is 6.89. The lowest BCUT2D eigenvalue weighted by atomic mass is 10.0. The summed E-state index contributed by atoms with van der Waals surface area (Å²) in [5.41, 5.74) is 2.44. The predicted molar refractivity (Wildman–Crippen MR) is 77.3 cm³/mol. The minimum Gasteiger partial charge on any atom is -0.354 e. The number of nitro groups is 1. The quantitative estimate of drug-likeness (QED) is 0.684. The molecule has 7 heteroatoms. The molecule has 0 fully saturated rings. The third kappa shape index (κ3) is 2.42. The Morgan fingerprint density at radius 3 is 3.05 bits per heavy atom. The summed E-state index contributed by atoms with van der Waals surface area (Å²) >= 11 is 0. The highest BCUT2D eigenvalue weighted by Gasteiger charge is 2.32. The smallest absolute Gasteiger partial charge is 0.309 e. The van der Waals surface area contributed by atoms with Crippen LogP contribution in [0.2, 0.25) is 0 Å². The molecule has 1 unspecified atom stereocenters. The predicted octanol–water partition coefficient (Wildman–Crippen LogP) is 2.29. The number of anilines is 1. The Balaban J connectivity index is 2.08. The van der Waals surface area contributed by atoms with Crippen LogP contribution in [0.15, 0.2) is 24.5 Å². The Kier molecular flexibility index (Phi) is 3.47. The van der Waals surface area contributed by atoms with Crippen molar-refractivity contribution in [1.29, 1.82) is 0 Å². The first kappa shape index (κ1) is 13.4. The van der Waals surface area contributed by atoms with Crippen molar-refractivity contribution in [3.8, 4) is 0 Å². The van der Waals surface area contributed by atoms with Gasteiger partial charge in [0.05, 0.1) is 16.5 Å². The van der Waals surface area contributed by atoms with Crippen LogP contribution in [-0.2, 0) is 6.42 Å². The van der Waals surface area contributed by atoms with Crippen molar-refractivity contribution in [3.63, 3.8) is 0 Å². The van der Waals surface area contributed by atoms with Crippen LogP contribution in [0.1, 0.15) is 36.2 Å². The third-order valence-corrected chi connectivity index (χ3v) is 3.62. The topological polar surface area (TPSA) is 93.8 Å². The highest BCUT2D eigenvalue weighted by Crippen LogP contribution is 2.39. The van der Waals surface area contributed by atoms with Gasteiger partial charge in [0, 0.05) is 12.7 Å². The minimum absolute atomic E-state index is 0.0415. The van der Waals surface area contributed by atoms with Gasteiger partial charge in [-0.25, -0.2) is 9.97 Å². The van der Waals surface area contributed by atoms with E-state index in [0.717, 1.165) is 24.1 Å². The zero-order valence-corrected chi connectivity index (χ0v) is 11.6. The van der Waals surface area contributed by atoms with Crippen LogP contribution in [0.25, 0.3) is 0 Å². The van der Waals surface area contributed by atoms with Gasteiger partial charge in [-0.2, -0.15) is 0 Å². The van der Waals surface area contributed by atoms with Gasteiger partial charge in [-0.15, -0.1) is 0 Å². The summed E-state index contributed by atoms with van der Waals surface area (Å²) in [5, 5.41) is 14.2. The van der Waals surface area contributed by atoms with Crippen molar-refractivity contribution in [3.05, 3.63) is 51.6 Å². The van der Waals surface area contributed by atoms with Gasteiger partial charge < -0.3 is 5.32 Å². The first-order chi connectivity index (χ1) is 10.2. The third-order valence-electron chi connectivity index (χ3n) is 3.62. The average molecular weight is 285 g/mol. The maximum atomic E-state index is 11.2. The Morgan fingerprint density at radius 2 is 2.29 bits per heavy atom. The van der Waals surface area contributed by atoms with E-state index in [2.05, 4.69) is 20.3 Å². The first-order valence-corrected chi connectivity index (χ1v) is 6.89. The summed E-state index contributed by atoms with van der Waals surface area (Å²) in [6.07, 6.45) is 4.65. The molecule has 1 aliphatic rings. The van der Waals surface area contributed by atoms with Gasteiger partial charge in [0.25, 0.3) is 0 Å². The van der Waals surface area contributed by atoms with Crippen molar-refractivity contribution in [2.45, 2.75) is 25.7 Å². The standard InChI is InChI=1S/C14H15N5O2/c1-2-15-14-17-8-11(19(20)21)13(18-14)10-6-5-9-4-3-7-16-12(9)10/h3-4,7-8,10H,2,5-6H2,1H3,(H,15,17,18). The Bertz CT molecular complexity index is 689. The minimum atomic E-state index is -0.425. The van der Waals surface area contributed by atoms with E-state index in [1.807, 2.05) is 19.1 Å². The van der Waals surface area contributed by atoms with E-state index in [1.165, 1.54) is 6.20 Å². The monoisotopic (exact) mass is 285 g/mol. The number of rotatable bonds is 4. The summed E-state index contributed by atoms with van der Waals surface area (Å²) in [4.78, 5) is 23.6. The van der Waals surface area contributed by atoms with E-state index in [0.29, 0.717) is 18.2 Å². The number of fused-ring (bicyclic) bond motifs is 1. The van der Waals surface area contributed by atoms with Gasteiger partial charge in [-0.3, -0.25) is 15.1 Å². The van der Waals surface area contributed by atoms with Crippen LogP contribution in [0, 0.1) is 10.1 Å². The number of hydrogen-bond donors (Lipinski definition) is 1. The van der Waals surface area contributed by atoms with Crippen LogP contribution in [0.4, 0.5) is 11.6 Å². The molecule has 1 atom stereocenters. The van der Waals surface area contributed by atoms with Crippen molar-refractivity contribution in [2.24, 2.45) is 0 Å². The maximum Gasteiger partial charge on any atom is 0.309 e. The Hall–Kier alpha value is -2.57. The molecule has 3 rings (SSSR count). The maximum absolute atomic E-state index is 11.2. The highest BCUT2D eigenvalue weighted by atomic mass is 16.6. The van der Waals surface area contributed by atoms with E-state index >= 15 is 0 Å². The molecule has 0 radical (unpaired) electrons. The lowest BCUT2D eigenvalue weighted by Crippen LogP contribution is -2.10. The van der Waals surface area contributed by atoms with Crippen molar-refractivity contribution in [1.82, 2.24) is 15.0 Å². The number of pyridine rings is 1. The zero-order valence-electron chi connectivity index (χ0n) is 11.6. The zero-order chi connectivity index (χ0) is 14.8. The molecule has 21 heavy (non-hydrogen) atoms. The summed E-state index contributed by atoms with van der Waals surface area (Å²) in [6.45, 7) is 2.59. The van der Waals surface area contributed by atoms with E-state index in [1.54, 1.807) is 6.20 Å². The second-order valence-corrected chi connectivity index (χ2v) is 4.89. The van der Waals surface area contributed by atoms with Crippen molar-refractivity contribution < 1.29 is 4.92 Å². The van der Waals surface area contributed by atoms with Gasteiger partial charge in [-0.1, -0.05) is 6.07 Å². The largest absolute Gasteiger partial charge is 0.354 e. The second-order valence-electron chi connectivity index (χ2n) is 4.89. The molecule has 0 amide bonds. The van der Waals surface area contributed by atoms with Gasteiger partial charge in [0.15, 0.2) is 0 Å². The van der Waals surface area contributed by atoms with E-state index in [9.17, 15) is 10.1 Å². The van der Waals surface area contributed by atoms with Crippen LogP contribution >= 0.6 is 0 Å². The molecular formula is C14H15N5O2. The second kappa shape index (κ2) is 5.43. The number of hydrogen-bond acceptors (Lipinski definition) is 6. The molecule has 2 aromatic heterocycles. The van der Waals surface area contributed by atoms with Crippen LogP contribution in [0.3, 0.4) is 0 Å². The molecule has 2 aromatic rings. The van der Waals surface area contributed by atoms with Gasteiger partial charge in [0.2, 0.25) is 5.95 Å². The van der Waals surface area contributed by atoms with Crippen LogP contribution in [0.5, 0.6) is 0 Å². The Labute approximate surface area is 121 Å². The van der Waals surface area contributed by atoms with Crippen molar-refractivity contribution >= 4 is 11.6 Å². The number of nitrogens with one attached hydrogen (secondary N) is 1. The molecule has 0 aliphatic heterocycles. The molecule has 1 N–H and O–H groups in total. The molecule has 0 saturated carbocycles. The molecule has 7 nitrogen and oxygen atoms in total. The van der Waals surface area contributed by atoms with Crippen molar-refractivity contribution in [2.75, 3.05) is 11.9 Å². The molecule has 108 valence electrons. The molecule has 1 aliphatic carbocycles. The molecule has 0 saturated heterocycles. The molecule has 0 bridgehead atoms. The number of aryl methyl sites for hydroxylation is 1. The summed E-state index contributed by atoms with van der Waals surface area (Å²) in [5.74, 6) is 0.282. The van der Waals surface area contributed by atoms with E-state index < -0.39 is 4.92 Å². The van der Waals surface area contributed by atoms with Crippen LogP contribution < -0.4 is 5.32 Å². The van der Waals surface area contributed by atoms with E-state index in [-0.39, 0.29) is 11.6 Å². The average Bonchev–Trinajstić information content (AvgIpc) is 2.91. The highest BCUT2D eigenvalue weighted by molar-refractivity contribution is 5.46. The normalized spacial score (nSPS) is 16.5. The molecule has 0 spiro atoms. The fourth-order valence-corrected chi connectivity index (χ4v) is 2.71. The summed E-state index contributed by atoms with van der Waals surface area (Å²) in [7, 11) is 0. The summed E-state index contributed by atoms with van der Waals surface area (Å²) in [6, 6.07) is 3.90. The molecular weight excluding hydrogens is 270 g/mol. The number of nitrogens with zero attached hydrogens (tertiary/aromatic N) is 4. The lowest BCUT2D eigenvalue weighted by molar-refractivity contribution is -0.386. The fraction of sp³-hybridized carbons (Fsp3) is 0.357. The van der Waals surface area contributed by atoms with E-state index in [4.69, 9.17) is 0 Å². The number of aromatic nitrogens is 3. The molecule has 0 aromatic carbocycles. The van der Waals surface area contributed by atoms with Gasteiger partial charge in [-0.05, 0) is 31.4 Å². The van der Waals surface area contributed by atoms with Crippen LogP contribution in [-0.4, -0.2) is 26.4 Å². The van der Waals surface area contributed by atoms with Gasteiger partial charge in [0.1, 0.15) is 11.9 Å². The summed E-state index contributed by atoms with van der Waals surface area (Å²) < 4.78 is 0. The lowest BCUT2D eigenvalue weighted by Gasteiger charge is -2.11. The van der Waals surface area contributed by atoms with Gasteiger partial charge >= 0.3 is 5.69 Å².